The highest BCUT2D eigenvalue weighted by molar-refractivity contribution is 7.22. The van der Waals surface area contributed by atoms with Gasteiger partial charge in [-0.3, -0.25) is 19.0 Å². The van der Waals surface area contributed by atoms with Crippen LogP contribution >= 0.6 is 11.3 Å². The number of fused-ring (bicyclic) bond motifs is 1. The van der Waals surface area contributed by atoms with Gasteiger partial charge in [0.2, 0.25) is 11.8 Å². The molecule has 1 saturated heterocycles. The van der Waals surface area contributed by atoms with Crippen molar-refractivity contribution in [1.29, 1.82) is 0 Å². The SMILES string of the molecule is CCOc1ccccc1NC(=O)Cn1cnc2nc(N3CCC[C@H](C(=O)NC)C3)sc2c1=O. The minimum absolute atomic E-state index is 0.0122. The third kappa shape index (κ3) is 4.98. The highest BCUT2D eigenvalue weighted by atomic mass is 32.1. The molecule has 1 aliphatic heterocycles. The summed E-state index contributed by atoms with van der Waals surface area (Å²) in [6.45, 7) is 3.48. The molecule has 2 N–H and O–H groups in total. The molecular formula is C22H26N6O4S. The van der Waals surface area contributed by atoms with Gasteiger partial charge in [0.1, 0.15) is 23.3 Å². The minimum Gasteiger partial charge on any atom is -0.492 e. The van der Waals surface area contributed by atoms with Crippen LogP contribution in [0.1, 0.15) is 19.8 Å². The first-order chi connectivity index (χ1) is 16.0. The van der Waals surface area contributed by atoms with Crippen LogP contribution in [0.3, 0.4) is 0 Å². The second-order valence-electron chi connectivity index (χ2n) is 7.70. The molecule has 0 aliphatic carbocycles. The molecule has 0 unspecified atom stereocenters. The number of carbonyl (C=O) groups is 2. The highest BCUT2D eigenvalue weighted by Gasteiger charge is 2.27. The predicted octanol–water partition coefficient (Wildman–Crippen LogP) is 1.85. The second kappa shape index (κ2) is 9.99. The van der Waals surface area contributed by atoms with Gasteiger partial charge in [-0.15, -0.1) is 0 Å². The number of nitrogens with one attached hydrogen (secondary N) is 2. The molecule has 0 radical (unpaired) electrons. The van der Waals surface area contributed by atoms with E-state index in [2.05, 4.69) is 20.6 Å². The topological polar surface area (TPSA) is 118 Å². The van der Waals surface area contributed by atoms with Crippen molar-refractivity contribution in [2.75, 3.05) is 37.0 Å². The molecule has 174 valence electrons. The zero-order chi connectivity index (χ0) is 23.4. The summed E-state index contributed by atoms with van der Waals surface area (Å²) in [7, 11) is 1.64. The van der Waals surface area contributed by atoms with Crippen LogP contribution in [-0.4, -0.2) is 53.1 Å². The van der Waals surface area contributed by atoms with Gasteiger partial charge in [-0.1, -0.05) is 23.5 Å². The maximum atomic E-state index is 13.0. The first-order valence-corrected chi connectivity index (χ1v) is 11.7. The number of para-hydroxylation sites is 2. The van der Waals surface area contributed by atoms with Gasteiger partial charge >= 0.3 is 0 Å². The van der Waals surface area contributed by atoms with E-state index in [4.69, 9.17) is 4.74 Å². The Kier molecular flexibility index (Phi) is 6.87. The molecule has 0 saturated carbocycles. The maximum absolute atomic E-state index is 13.0. The molecule has 10 nitrogen and oxygen atoms in total. The number of hydrogen-bond acceptors (Lipinski definition) is 8. The van der Waals surface area contributed by atoms with E-state index in [-0.39, 0.29) is 29.8 Å². The summed E-state index contributed by atoms with van der Waals surface area (Å²) in [6, 6.07) is 7.13. The van der Waals surface area contributed by atoms with Gasteiger partial charge < -0.3 is 20.3 Å². The van der Waals surface area contributed by atoms with E-state index in [0.717, 1.165) is 19.4 Å². The van der Waals surface area contributed by atoms with Crippen molar-refractivity contribution in [2.24, 2.45) is 5.92 Å². The van der Waals surface area contributed by atoms with Crippen LogP contribution in [0, 0.1) is 5.92 Å². The van der Waals surface area contributed by atoms with Gasteiger partial charge in [0.05, 0.1) is 18.2 Å². The number of anilines is 2. The average Bonchev–Trinajstić information content (AvgIpc) is 3.27. The summed E-state index contributed by atoms with van der Waals surface area (Å²) >= 11 is 1.24. The highest BCUT2D eigenvalue weighted by Crippen LogP contribution is 2.29. The first kappa shape index (κ1) is 22.7. The number of benzene rings is 1. The van der Waals surface area contributed by atoms with Crippen molar-refractivity contribution in [2.45, 2.75) is 26.3 Å². The van der Waals surface area contributed by atoms with Gasteiger partial charge in [0, 0.05) is 20.1 Å². The summed E-state index contributed by atoms with van der Waals surface area (Å²) in [5.74, 6) is 0.111. The van der Waals surface area contributed by atoms with Crippen molar-refractivity contribution < 1.29 is 14.3 Å². The fraction of sp³-hybridized carbons (Fsp3) is 0.409. The lowest BCUT2D eigenvalue weighted by Crippen LogP contribution is -2.42. The van der Waals surface area contributed by atoms with Crippen molar-refractivity contribution in [3.05, 3.63) is 40.9 Å². The molecular weight excluding hydrogens is 444 g/mol. The van der Waals surface area contributed by atoms with Crippen LogP contribution in [0.2, 0.25) is 0 Å². The van der Waals surface area contributed by atoms with Crippen LogP contribution in [-0.2, 0) is 16.1 Å². The number of nitrogens with zero attached hydrogens (tertiary/aromatic N) is 4. The molecule has 2 amide bonds. The fourth-order valence-corrected chi connectivity index (χ4v) is 4.85. The predicted molar refractivity (Wildman–Crippen MR) is 127 cm³/mol. The molecule has 2 aromatic heterocycles. The van der Waals surface area contributed by atoms with E-state index in [1.807, 2.05) is 17.9 Å². The standard InChI is InChI=1S/C22H26N6O4S/c1-3-32-16-9-5-4-8-15(16)25-17(29)12-28-13-24-19-18(21(28)31)33-22(26-19)27-10-6-7-14(11-27)20(30)23-2/h4-5,8-9,13-14H,3,6-7,10-12H2,1-2H3,(H,23,30)(H,25,29)/t14-/m0/s1. The molecule has 1 aromatic carbocycles. The van der Waals surface area contributed by atoms with Crippen molar-refractivity contribution in [3.8, 4) is 5.75 Å². The largest absolute Gasteiger partial charge is 0.492 e. The quantitative estimate of drug-likeness (QED) is 0.541. The Morgan fingerprint density at radius 3 is 2.91 bits per heavy atom. The third-order valence-corrected chi connectivity index (χ3v) is 6.55. The Balaban J connectivity index is 1.51. The monoisotopic (exact) mass is 470 g/mol. The van der Waals surface area contributed by atoms with Crippen molar-refractivity contribution >= 4 is 44.3 Å². The zero-order valence-corrected chi connectivity index (χ0v) is 19.4. The molecule has 0 spiro atoms. The molecule has 1 fully saturated rings. The normalized spacial score (nSPS) is 15.9. The maximum Gasteiger partial charge on any atom is 0.273 e. The van der Waals surface area contributed by atoms with Crippen LogP contribution in [0.4, 0.5) is 10.8 Å². The molecule has 0 bridgehead atoms. The molecule has 11 heteroatoms. The number of piperidine rings is 1. The minimum atomic E-state index is -0.361. The molecule has 1 aliphatic rings. The summed E-state index contributed by atoms with van der Waals surface area (Å²) in [5.41, 5.74) is 0.569. The Labute approximate surface area is 194 Å². The summed E-state index contributed by atoms with van der Waals surface area (Å²) in [6.07, 6.45) is 3.04. The second-order valence-corrected chi connectivity index (χ2v) is 8.68. The Morgan fingerprint density at radius 1 is 1.30 bits per heavy atom. The van der Waals surface area contributed by atoms with E-state index >= 15 is 0 Å². The molecule has 3 aromatic rings. The fourth-order valence-electron chi connectivity index (χ4n) is 3.85. The number of amides is 2. The van der Waals surface area contributed by atoms with Crippen LogP contribution < -0.4 is 25.8 Å². The van der Waals surface area contributed by atoms with Gasteiger partial charge in [-0.2, -0.15) is 4.98 Å². The Bertz CT molecular complexity index is 1220. The van der Waals surface area contributed by atoms with Crippen molar-refractivity contribution in [1.82, 2.24) is 19.9 Å². The average molecular weight is 471 g/mol. The lowest BCUT2D eigenvalue weighted by Gasteiger charge is -2.31. The van der Waals surface area contributed by atoms with Crippen LogP contribution in [0.15, 0.2) is 35.4 Å². The van der Waals surface area contributed by atoms with E-state index in [0.29, 0.717) is 40.1 Å². The third-order valence-electron chi connectivity index (χ3n) is 5.46. The lowest BCUT2D eigenvalue weighted by molar-refractivity contribution is -0.124. The number of carbonyl (C=O) groups excluding carboxylic acids is 2. The van der Waals surface area contributed by atoms with E-state index in [1.54, 1.807) is 25.2 Å². The van der Waals surface area contributed by atoms with E-state index < -0.39 is 0 Å². The Morgan fingerprint density at radius 2 is 2.12 bits per heavy atom. The first-order valence-electron chi connectivity index (χ1n) is 10.8. The molecule has 3 heterocycles. The zero-order valence-electron chi connectivity index (χ0n) is 18.5. The van der Waals surface area contributed by atoms with Crippen LogP contribution in [0.25, 0.3) is 10.3 Å². The van der Waals surface area contributed by atoms with Gasteiger partial charge in [0.15, 0.2) is 10.8 Å². The smallest absolute Gasteiger partial charge is 0.273 e. The van der Waals surface area contributed by atoms with Crippen molar-refractivity contribution in [3.63, 3.8) is 0 Å². The van der Waals surface area contributed by atoms with E-state index in [9.17, 15) is 14.4 Å². The lowest BCUT2D eigenvalue weighted by atomic mass is 9.98. The number of thiazole rings is 1. The molecule has 1 atom stereocenters. The van der Waals surface area contributed by atoms with Gasteiger partial charge in [-0.05, 0) is 31.9 Å². The Hall–Kier alpha value is -3.47. The van der Waals surface area contributed by atoms with Crippen LogP contribution in [0.5, 0.6) is 5.75 Å². The van der Waals surface area contributed by atoms with Gasteiger partial charge in [-0.25, -0.2) is 4.98 Å². The van der Waals surface area contributed by atoms with Gasteiger partial charge in [0.25, 0.3) is 5.56 Å². The molecule has 4 rings (SSSR count). The summed E-state index contributed by atoms with van der Waals surface area (Å²) in [5, 5.41) is 6.15. The number of rotatable bonds is 7. The summed E-state index contributed by atoms with van der Waals surface area (Å²) < 4.78 is 7.18. The number of ether oxygens (including phenoxy) is 1. The number of aromatic nitrogens is 3. The molecule has 33 heavy (non-hydrogen) atoms. The van der Waals surface area contributed by atoms with E-state index in [1.165, 1.54) is 22.2 Å². The summed E-state index contributed by atoms with van der Waals surface area (Å²) in [4.78, 5) is 48.5. The number of hydrogen-bond donors (Lipinski definition) is 2.